The highest BCUT2D eigenvalue weighted by Crippen LogP contribution is 2.20. The molecule has 1 saturated heterocycles. The predicted molar refractivity (Wildman–Crippen MR) is 76.4 cm³/mol. The first-order chi connectivity index (χ1) is 10.4. The summed E-state index contributed by atoms with van der Waals surface area (Å²) in [6.45, 7) is 1.05. The van der Waals surface area contributed by atoms with E-state index in [-0.39, 0.29) is 18.4 Å². The van der Waals surface area contributed by atoms with E-state index in [4.69, 9.17) is 0 Å². The number of rotatable bonds is 4. The number of thiophene rings is 1. The lowest BCUT2D eigenvalue weighted by Gasteiger charge is -2.32. The molecule has 122 valence electrons. The van der Waals surface area contributed by atoms with Gasteiger partial charge in [0.25, 0.3) is 0 Å². The molecule has 0 saturated carbocycles. The van der Waals surface area contributed by atoms with Gasteiger partial charge in [0, 0.05) is 24.5 Å². The molecule has 22 heavy (non-hydrogen) atoms. The second-order valence-corrected chi connectivity index (χ2v) is 6.32. The number of carbonyl (C=O) groups excluding carboxylic acids is 2. The van der Waals surface area contributed by atoms with Crippen LogP contribution in [0.4, 0.5) is 13.2 Å². The van der Waals surface area contributed by atoms with Crippen molar-refractivity contribution in [3.63, 3.8) is 0 Å². The van der Waals surface area contributed by atoms with Crippen LogP contribution in [-0.4, -0.2) is 42.5 Å². The normalized spacial score (nSPS) is 16.6. The SMILES string of the molecule is O=C(Cc1cccs1)N1CCC(CNC(=O)C(F)(F)F)CC1. The van der Waals surface area contributed by atoms with Crippen LogP contribution in [0, 0.1) is 5.92 Å². The van der Waals surface area contributed by atoms with Gasteiger partial charge in [0.15, 0.2) is 0 Å². The van der Waals surface area contributed by atoms with E-state index in [9.17, 15) is 22.8 Å². The molecule has 1 aromatic heterocycles. The number of carbonyl (C=O) groups is 2. The minimum Gasteiger partial charge on any atom is -0.348 e. The number of hydrogen-bond acceptors (Lipinski definition) is 3. The number of piperidine rings is 1. The molecule has 0 bridgehead atoms. The molecule has 1 fully saturated rings. The quantitative estimate of drug-likeness (QED) is 0.918. The van der Waals surface area contributed by atoms with Crippen LogP contribution >= 0.6 is 11.3 Å². The third-order valence-electron chi connectivity index (χ3n) is 3.68. The third kappa shape index (κ3) is 4.72. The van der Waals surface area contributed by atoms with Gasteiger partial charge >= 0.3 is 12.1 Å². The van der Waals surface area contributed by atoms with E-state index in [1.807, 2.05) is 22.8 Å². The van der Waals surface area contributed by atoms with Crippen LogP contribution in [0.2, 0.25) is 0 Å². The van der Waals surface area contributed by atoms with E-state index >= 15 is 0 Å². The summed E-state index contributed by atoms with van der Waals surface area (Å²) < 4.78 is 36.3. The number of nitrogens with zero attached hydrogens (tertiary/aromatic N) is 1. The van der Waals surface area contributed by atoms with Gasteiger partial charge < -0.3 is 10.2 Å². The van der Waals surface area contributed by atoms with Crippen molar-refractivity contribution in [2.24, 2.45) is 5.92 Å². The van der Waals surface area contributed by atoms with E-state index in [0.717, 1.165) is 4.88 Å². The number of halogens is 3. The predicted octanol–water partition coefficient (Wildman–Crippen LogP) is 2.21. The van der Waals surface area contributed by atoms with Gasteiger partial charge in [-0.3, -0.25) is 9.59 Å². The molecular formula is C14H17F3N2O2S. The highest BCUT2D eigenvalue weighted by Gasteiger charge is 2.38. The summed E-state index contributed by atoms with van der Waals surface area (Å²) in [4.78, 5) is 25.6. The van der Waals surface area contributed by atoms with Gasteiger partial charge in [-0.15, -0.1) is 11.3 Å². The molecule has 0 aliphatic carbocycles. The van der Waals surface area contributed by atoms with Crippen molar-refractivity contribution < 1.29 is 22.8 Å². The summed E-state index contributed by atoms with van der Waals surface area (Å²) in [5.41, 5.74) is 0. The van der Waals surface area contributed by atoms with Crippen molar-refractivity contribution in [3.8, 4) is 0 Å². The smallest absolute Gasteiger partial charge is 0.348 e. The van der Waals surface area contributed by atoms with Gasteiger partial charge in [-0.2, -0.15) is 13.2 Å². The standard InChI is InChI=1S/C14H17F3N2O2S/c15-14(16,17)13(21)18-9-10-3-5-19(6-4-10)12(20)8-11-2-1-7-22-11/h1-2,7,10H,3-6,8-9H2,(H,18,21). The number of hydrogen-bond donors (Lipinski definition) is 1. The first-order valence-corrected chi connectivity index (χ1v) is 7.89. The fourth-order valence-electron chi connectivity index (χ4n) is 2.40. The Hall–Kier alpha value is -1.57. The maximum absolute atomic E-state index is 12.1. The van der Waals surface area contributed by atoms with Crippen molar-refractivity contribution in [1.82, 2.24) is 10.2 Å². The van der Waals surface area contributed by atoms with Gasteiger partial charge in [0.2, 0.25) is 5.91 Å². The highest BCUT2D eigenvalue weighted by molar-refractivity contribution is 7.10. The Labute approximate surface area is 130 Å². The van der Waals surface area contributed by atoms with E-state index in [1.54, 1.807) is 4.90 Å². The second-order valence-electron chi connectivity index (χ2n) is 5.29. The fourth-order valence-corrected chi connectivity index (χ4v) is 3.09. The molecule has 8 heteroatoms. The Morgan fingerprint density at radius 2 is 2.00 bits per heavy atom. The summed E-state index contributed by atoms with van der Waals surface area (Å²) in [6.07, 6.45) is -3.26. The van der Waals surface area contributed by atoms with Crippen LogP contribution in [0.25, 0.3) is 0 Å². The summed E-state index contributed by atoms with van der Waals surface area (Å²) >= 11 is 1.53. The monoisotopic (exact) mass is 334 g/mol. The lowest BCUT2D eigenvalue weighted by molar-refractivity contribution is -0.173. The molecule has 1 aromatic rings. The molecule has 1 N–H and O–H groups in total. The lowest BCUT2D eigenvalue weighted by atomic mass is 9.96. The number of amides is 2. The zero-order valence-electron chi connectivity index (χ0n) is 11.9. The lowest BCUT2D eigenvalue weighted by Crippen LogP contribution is -2.44. The van der Waals surface area contributed by atoms with E-state index in [1.165, 1.54) is 11.3 Å². The summed E-state index contributed by atoms with van der Waals surface area (Å²) in [7, 11) is 0. The van der Waals surface area contributed by atoms with Gasteiger partial charge in [-0.05, 0) is 30.2 Å². The molecule has 0 atom stereocenters. The molecule has 0 radical (unpaired) electrons. The molecular weight excluding hydrogens is 317 g/mol. The fraction of sp³-hybridized carbons (Fsp3) is 0.571. The van der Waals surface area contributed by atoms with Crippen LogP contribution in [-0.2, 0) is 16.0 Å². The number of likely N-dealkylation sites (tertiary alicyclic amines) is 1. The highest BCUT2D eigenvalue weighted by atomic mass is 32.1. The van der Waals surface area contributed by atoms with E-state index < -0.39 is 12.1 Å². The summed E-state index contributed by atoms with van der Waals surface area (Å²) in [5.74, 6) is -1.87. The molecule has 0 aromatic carbocycles. The van der Waals surface area contributed by atoms with Crippen LogP contribution in [0.5, 0.6) is 0 Å². The minimum absolute atomic E-state index is 0.00526. The maximum atomic E-state index is 12.1. The van der Waals surface area contributed by atoms with Gasteiger partial charge in [0.1, 0.15) is 0 Å². The number of nitrogens with one attached hydrogen (secondary N) is 1. The van der Waals surface area contributed by atoms with E-state index in [2.05, 4.69) is 0 Å². The van der Waals surface area contributed by atoms with Gasteiger partial charge in [0.05, 0.1) is 6.42 Å². The Kier molecular flexibility index (Phi) is 5.44. The zero-order valence-corrected chi connectivity index (χ0v) is 12.7. The van der Waals surface area contributed by atoms with Crippen LogP contribution < -0.4 is 5.32 Å². The zero-order chi connectivity index (χ0) is 16.2. The summed E-state index contributed by atoms with van der Waals surface area (Å²) in [5, 5.41) is 3.82. The van der Waals surface area contributed by atoms with Crippen LogP contribution in [0.3, 0.4) is 0 Å². The largest absolute Gasteiger partial charge is 0.471 e. The Balaban J connectivity index is 1.71. The molecule has 2 heterocycles. The molecule has 2 amide bonds. The topological polar surface area (TPSA) is 49.4 Å². The average molecular weight is 334 g/mol. The summed E-state index contributed by atoms with van der Waals surface area (Å²) in [6, 6.07) is 3.80. The Morgan fingerprint density at radius 1 is 1.32 bits per heavy atom. The molecule has 4 nitrogen and oxygen atoms in total. The first-order valence-electron chi connectivity index (χ1n) is 7.01. The van der Waals surface area contributed by atoms with Gasteiger partial charge in [-0.1, -0.05) is 6.07 Å². The minimum atomic E-state index is -4.84. The van der Waals surface area contributed by atoms with E-state index in [0.29, 0.717) is 32.4 Å². The molecule has 0 spiro atoms. The van der Waals surface area contributed by atoms with Crippen molar-refractivity contribution in [2.75, 3.05) is 19.6 Å². The first kappa shape index (κ1) is 16.8. The van der Waals surface area contributed by atoms with Crippen molar-refractivity contribution >= 4 is 23.2 Å². The second kappa shape index (κ2) is 7.13. The van der Waals surface area contributed by atoms with Crippen molar-refractivity contribution in [2.45, 2.75) is 25.4 Å². The Morgan fingerprint density at radius 3 is 2.55 bits per heavy atom. The van der Waals surface area contributed by atoms with Gasteiger partial charge in [-0.25, -0.2) is 0 Å². The number of alkyl halides is 3. The van der Waals surface area contributed by atoms with Crippen molar-refractivity contribution in [1.29, 1.82) is 0 Å². The molecule has 1 aliphatic heterocycles. The van der Waals surface area contributed by atoms with Crippen molar-refractivity contribution in [3.05, 3.63) is 22.4 Å². The molecule has 1 aliphatic rings. The third-order valence-corrected chi connectivity index (χ3v) is 4.56. The maximum Gasteiger partial charge on any atom is 0.471 e. The average Bonchev–Trinajstić information content (AvgIpc) is 2.97. The Bertz CT molecular complexity index is 509. The van der Waals surface area contributed by atoms with Crippen LogP contribution in [0.15, 0.2) is 17.5 Å². The van der Waals surface area contributed by atoms with Crippen LogP contribution in [0.1, 0.15) is 17.7 Å². The molecule has 0 unspecified atom stereocenters. The molecule has 2 rings (SSSR count).